The van der Waals surface area contributed by atoms with Gasteiger partial charge < -0.3 is 5.11 Å². The van der Waals surface area contributed by atoms with Crippen LogP contribution in [0.15, 0.2) is 28.7 Å². The smallest absolute Gasteiger partial charge is 0.307 e. The molecule has 0 saturated carbocycles. The van der Waals surface area contributed by atoms with Gasteiger partial charge in [0, 0.05) is 17.6 Å². The van der Waals surface area contributed by atoms with Crippen molar-refractivity contribution in [1.82, 2.24) is 4.90 Å². The zero-order valence-electron chi connectivity index (χ0n) is 9.60. The Morgan fingerprint density at radius 3 is 2.94 bits per heavy atom. The maximum Gasteiger partial charge on any atom is 0.307 e. The lowest BCUT2D eigenvalue weighted by Gasteiger charge is -2.30. The number of halogens is 1. The van der Waals surface area contributed by atoms with Crippen LogP contribution in [0.5, 0.6) is 0 Å². The first-order valence-electron chi connectivity index (χ1n) is 5.85. The van der Waals surface area contributed by atoms with Crippen LogP contribution in [0.4, 0.5) is 0 Å². The van der Waals surface area contributed by atoms with Gasteiger partial charge in [0.05, 0.1) is 5.92 Å². The molecule has 17 heavy (non-hydrogen) atoms. The van der Waals surface area contributed by atoms with Crippen LogP contribution in [0.25, 0.3) is 0 Å². The van der Waals surface area contributed by atoms with Gasteiger partial charge in [-0.1, -0.05) is 34.1 Å². The molecule has 0 aromatic heterocycles. The molecule has 0 spiro atoms. The van der Waals surface area contributed by atoms with Gasteiger partial charge in [-0.25, -0.2) is 0 Å². The molecule has 1 atom stereocenters. The van der Waals surface area contributed by atoms with E-state index in [2.05, 4.69) is 26.9 Å². The lowest BCUT2D eigenvalue weighted by Crippen LogP contribution is -2.38. The lowest BCUT2D eigenvalue weighted by atomic mass is 9.98. The second kappa shape index (κ2) is 5.65. The molecule has 0 unspecified atom stereocenters. The summed E-state index contributed by atoms with van der Waals surface area (Å²) in [4.78, 5) is 13.2. The topological polar surface area (TPSA) is 40.5 Å². The van der Waals surface area contributed by atoms with Crippen LogP contribution >= 0.6 is 15.9 Å². The Kier molecular flexibility index (Phi) is 4.18. The van der Waals surface area contributed by atoms with Gasteiger partial charge in [0.2, 0.25) is 0 Å². The normalized spacial score (nSPS) is 21.4. The molecule has 0 radical (unpaired) electrons. The molecule has 1 aromatic carbocycles. The lowest BCUT2D eigenvalue weighted by molar-refractivity contribution is -0.143. The molecular formula is C13H16BrNO2. The molecule has 1 fully saturated rings. The molecule has 0 aliphatic carbocycles. The first-order valence-corrected chi connectivity index (χ1v) is 6.64. The largest absolute Gasteiger partial charge is 0.481 e. The number of piperidine rings is 1. The van der Waals surface area contributed by atoms with E-state index >= 15 is 0 Å². The minimum Gasteiger partial charge on any atom is -0.481 e. The third-order valence-electron chi connectivity index (χ3n) is 3.21. The second-order valence-electron chi connectivity index (χ2n) is 4.50. The van der Waals surface area contributed by atoms with Gasteiger partial charge >= 0.3 is 5.97 Å². The summed E-state index contributed by atoms with van der Waals surface area (Å²) < 4.78 is 1.09. The number of likely N-dealkylation sites (tertiary alicyclic amines) is 1. The first-order chi connectivity index (χ1) is 8.16. The third-order valence-corrected chi connectivity index (χ3v) is 3.98. The number of carboxylic acids is 1. The van der Waals surface area contributed by atoms with E-state index in [1.807, 2.05) is 18.2 Å². The molecule has 92 valence electrons. The number of nitrogens with zero attached hydrogens (tertiary/aromatic N) is 1. The second-order valence-corrected chi connectivity index (χ2v) is 5.36. The maximum absolute atomic E-state index is 11.0. The van der Waals surface area contributed by atoms with Crippen LogP contribution in [0.1, 0.15) is 18.4 Å². The molecular weight excluding hydrogens is 282 g/mol. The minimum atomic E-state index is -0.665. The fraction of sp³-hybridized carbons (Fsp3) is 0.462. The van der Waals surface area contributed by atoms with Gasteiger partial charge in [-0.3, -0.25) is 9.69 Å². The van der Waals surface area contributed by atoms with Crippen LogP contribution in [0.3, 0.4) is 0 Å². The number of hydrogen-bond acceptors (Lipinski definition) is 2. The fourth-order valence-corrected chi connectivity index (χ4v) is 2.68. The van der Waals surface area contributed by atoms with Gasteiger partial charge in [-0.15, -0.1) is 0 Å². The molecule has 2 rings (SSSR count). The van der Waals surface area contributed by atoms with E-state index in [0.29, 0.717) is 6.54 Å². The highest BCUT2D eigenvalue weighted by Gasteiger charge is 2.25. The van der Waals surface area contributed by atoms with Crippen molar-refractivity contribution in [3.63, 3.8) is 0 Å². The molecule has 0 bridgehead atoms. The molecule has 1 heterocycles. The van der Waals surface area contributed by atoms with Gasteiger partial charge in [-0.2, -0.15) is 0 Å². The van der Waals surface area contributed by atoms with Crippen LogP contribution in [-0.2, 0) is 11.3 Å². The van der Waals surface area contributed by atoms with Crippen molar-refractivity contribution in [2.24, 2.45) is 5.92 Å². The predicted octanol–water partition coefficient (Wildman–Crippen LogP) is 2.75. The molecule has 1 saturated heterocycles. The van der Waals surface area contributed by atoms with E-state index in [9.17, 15) is 4.79 Å². The summed E-state index contributed by atoms with van der Waals surface area (Å²) in [6, 6.07) is 8.10. The Morgan fingerprint density at radius 1 is 1.47 bits per heavy atom. The molecule has 3 nitrogen and oxygen atoms in total. The highest BCUT2D eigenvalue weighted by atomic mass is 79.9. The summed E-state index contributed by atoms with van der Waals surface area (Å²) in [5, 5.41) is 9.04. The van der Waals surface area contributed by atoms with Crippen molar-refractivity contribution in [3.8, 4) is 0 Å². The van der Waals surface area contributed by atoms with E-state index in [0.717, 1.165) is 30.4 Å². The Hall–Kier alpha value is -0.870. The van der Waals surface area contributed by atoms with E-state index in [1.54, 1.807) is 0 Å². The van der Waals surface area contributed by atoms with Crippen molar-refractivity contribution in [2.45, 2.75) is 19.4 Å². The van der Waals surface area contributed by atoms with E-state index < -0.39 is 5.97 Å². The highest BCUT2D eigenvalue weighted by Crippen LogP contribution is 2.22. The molecule has 1 aliphatic heterocycles. The monoisotopic (exact) mass is 297 g/mol. The summed E-state index contributed by atoms with van der Waals surface area (Å²) in [6.07, 6.45) is 1.78. The van der Waals surface area contributed by atoms with Gasteiger partial charge in [0.25, 0.3) is 0 Å². The zero-order chi connectivity index (χ0) is 12.3. The van der Waals surface area contributed by atoms with Crippen molar-refractivity contribution >= 4 is 21.9 Å². The number of aliphatic carboxylic acids is 1. The van der Waals surface area contributed by atoms with Crippen molar-refractivity contribution in [1.29, 1.82) is 0 Å². The highest BCUT2D eigenvalue weighted by molar-refractivity contribution is 9.10. The number of carboxylic acid groups (broad SMARTS) is 1. The Labute approximate surface area is 110 Å². The maximum atomic E-state index is 11.0. The summed E-state index contributed by atoms with van der Waals surface area (Å²) in [7, 11) is 0. The fourth-order valence-electron chi connectivity index (χ4n) is 2.27. The van der Waals surface area contributed by atoms with Crippen molar-refractivity contribution < 1.29 is 9.90 Å². The van der Waals surface area contributed by atoms with Crippen LogP contribution in [0, 0.1) is 5.92 Å². The Morgan fingerprint density at radius 2 is 2.24 bits per heavy atom. The molecule has 4 heteroatoms. The first kappa shape index (κ1) is 12.6. The van der Waals surface area contributed by atoms with Crippen LogP contribution in [0.2, 0.25) is 0 Å². The molecule has 0 amide bonds. The number of carbonyl (C=O) groups is 1. The standard InChI is InChI=1S/C13H16BrNO2/c14-12-6-2-1-4-10(12)8-15-7-3-5-11(9-15)13(16)17/h1-2,4,6,11H,3,5,7-9H2,(H,16,17)/t11-/m1/s1. The quantitative estimate of drug-likeness (QED) is 0.933. The van der Waals surface area contributed by atoms with Crippen molar-refractivity contribution in [2.75, 3.05) is 13.1 Å². The van der Waals surface area contributed by atoms with Crippen LogP contribution < -0.4 is 0 Å². The van der Waals surface area contributed by atoms with E-state index in [4.69, 9.17) is 5.11 Å². The minimum absolute atomic E-state index is 0.203. The SMILES string of the molecule is O=C(O)[C@@H]1CCCN(Cc2ccccc2Br)C1. The number of hydrogen-bond donors (Lipinski definition) is 1. The average Bonchev–Trinajstić information content (AvgIpc) is 2.32. The predicted molar refractivity (Wildman–Crippen MR) is 69.8 cm³/mol. The van der Waals surface area contributed by atoms with E-state index in [-0.39, 0.29) is 5.92 Å². The Balaban J connectivity index is 1.99. The Bertz CT molecular complexity index is 408. The number of benzene rings is 1. The van der Waals surface area contributed by atoms with Crippen LogP contribution in [-0.4, -0.2) is 29.1 Å². The zero-order valence-corrected chi connectivity index (χ0v) is 11.2. The number of rotatable bonds is 3. The summed E-state index contributed by atoms with van der Waals surface area (Å²) in [5.74, 6) is -0.868. The van der Waals surface area contributed by atoms with E-state index in [1.165, 1.54) is 5.56 Å². The molecule has 1 N–H and O–H groups in total. The third kappa shape index (κ3) is 3.30. The van der Waals surface area contributed by atoms with Gasteiger partial charge in [0.1, 0.15) is 0 Å². The molecule has 1 aliphatic rings. The summed E-state index contributed by atoms with van der Waals surface area (Å²) in [6.45, 7) is 2.48. The van der Waals surface area contributed by atoms with Gasteiger partial charge in [0.15, 0.2) is 0 Å². The summed E-state index contributed by atoms with van der Waals surface area (Å²) >= 11 is 3.52. The average molecular weight is 298 g/mol. The molecule has 1 aromatic rings. The van der Waals surface area contributed by atoms with Crippen molar-refractivity contribution in [3.05, 3.63) is 34.3 Å². The summed E-state index contributed by atoms with van der Waals surface area (Å²) in [5.41, 5.74) is 1.22. The van der Waals surface area contributed by atoms with Gasteiger partial charge in [-0.05, 0) is 31.0 Å².